The largest absolute Gasteiger partial charge is 0.243 e. The van der Waals surface area contributed by atoms with E-state index in [9.17, 15) is 8.42 Å². The second-order valence-corrected chi connectivity index (χ2v) is 5.74. The van der Waals surface area contributed by atoms with Crippen LogP contribution >= 0.6 is 11.6 Å². The van der Waals surface area contributed by atoms with Crippen LogP contribution in [0, 0.1) is 11.3 Å². The first kappa shape index (κ1) is 14.0. The third-order valence-corrected chi connectivity index (χ3v) is 4.46. The standard InChI is InChI=1S/C11H13ClN2O2S/c1-2-14(8-4-7-13)17(15,16)11-6-3-5-10(12)9-11/h3,5-6,9H,2,4,8H2,1H3. The first-order valence-corrected chi connectivity index (χ1v) is 6.97. The highest BCUT2D eigenvalue weighted by atomic mass is 35.5. The van der Waals surface area contributed by atoms with Gasteiger partial charge in [0.25, 0.3) is 0 Å². The van der Waals surface area contributed by atoms with Gasteiger partial charge in [-0.25, -0.2) is 8.42 Å². The van der Waals surface area contributed by atoms with E-state index in [0.717, 1.165) is 0 Å². The molecule has 0 atom stereocenters. The van der Waals surface area contributed by atoms with Crippen LogP contribution in [0.1, 0.15) is 13.3 Å². The molecule has 0 aliphatic carbocycles. The molecule has 4 nitrogen and oxygen atoms in total. The zero-order valence-corrected chi connectivity index (χ0v) is 11.0. The highest BCUT2D eigenvalue weighted by Gasteiger charge is 2.22. The molecule has 1 aromatic carbocycles. The average molecular weight is 273 g/mol. The minimum atomic E-state index is -3.55. The second kappa shape index (κ2) is 6.01. The topological polar surface area (TPSA) is 61.2 Å². The highest BCUT2D eigenvalue weighted by Crippen LogP contribution is 2.19. The molecule has 0 saturated carbocycles. The maximum Gasteiger partial charge on any atom is 0.243 e. The smallest absolute Gasteiger partial charge is 0.207 e. The molecule has 1 rings (SSSR count). The molecular weight excluding hydrogens is 260 g/mol. The van der Waals surface area contributed by atoms with Gasteiger partial charge in [0.15, 0.2) is 0 Å². The van der Waals surface area contributed by atoms with E-state index in [4.69, 9.17) is 16.9 Å². The van der Waals surface area contributed by atoms with E-state index in [1.54, 1.807) is 19.1 Å². The number of nitriles is 1. The number of sulfonamides is 1. The lowest BCUT2D eigenvalue weighted by Gasteiger charge is -2.19. The molecule has 0 unspecified atom stereocenters. The first-order valence-electron chi connectivity index (χ1n) is 5.15. The number of hydrogen-bond acceptors (Lipinski definition) is 3. The van der Waals surface area contributed by atoms with Crippen molar-refractivity contribution in [3.63, 3.8) is 0 Å². The summed E-state index contributed by atoms with van der Waals surface area (Å²) >= 11 is 5.77. The molecule has 0 fully saturated rings. The summed E-state index contributed by atoms with van der Waals surface area (Å²) in [6, 6.07) is 8.05. The molecule has 92 valence electrons. The summed E-state index contributed by atoms with van der Waals surface area (Å²) in [5.74, 6) is 0. The third kappa shape index (κ3) is 3.43. The predicted molar refractivity (Wildman–Crippen MR) is 66.1 cm³/mol. The molecular formula is C11H13ClN2O2S. The summed E-state index contributed by atoms with van der Waals surface area (Å²) in [5.41, 5.74) is 0. The van der Waals surface area contributed by atoms with Crippen LogP contribution in [0.25, 0.3) is 0 Å². The van der Waals surface area contributed by atoms with Crippen molar-refractivity contribution in [1.29, 1.82) is 5.26 Å². The number of nitrogens with zero attached hydrogens (tertiary/aromatic N) is 2. The van der Waals surface area contributed by atoms with Crippen LogP contribution in [0.5, 0.6) is 0 Å². The SMILES string of the molecule is CCN(CCC#N)S(=O)(=O)c1cccc(Cl)c1. The van der Waals surface area contributed by atoms with Gasteiger partial charge in [-0.3, -0.25) is 0 Å². The zero-order valence-electron chi connectivity index (χ0n) is 9.43. The Morgan fingerprint density at radius 3 is 2.71 bits per heavy atom. The van der Waals surface area contributed by atoms with Crippen molar-refractivity contribution >= 4 is 21.6 Å². The van der Waals surface area contributed by atoms with Crippen molar-refractivity contribution in [2.45, 2.75) is 18.2 Å². The van der Waals surface area contributed by atoms with E-state index >= 15 is 0 Å². The third-order valence-electron chi connectivity index (χ3n) is 2.26. The van der Waals surface area contributed by atoms with Crippen LogP contribution in [0.3, 0.4) is 0 Å². The van der Waals surface area contributed by atoms with Crippen LogP contribution in [0.2, 0.25) is 5.02 Å². The van der Waals surface area contributed by atoms with E-state index in [-0.39, 0.29) is 17.9 Å². The Bertz CT molecular complexity index is 523. The van der Waals surface area contributed by atoms with Gasteiger partial charge >= 0.3 is 0 Å². The van der Waals surface area contributed by atoms with Gasteiger partial charge in [0.2, 0.25) is 10.0 Å². The summed E-state index contributed by atoms with van der Waals surface area (Å²) in [7, 11) is -3.55. The van der Waals surface area contributed by atoms with Crippen molar-refractivity contribution in [2.24, 2.45) is 0 Å². The summed E-state index contributed by atoms with van der Waals surface area (Å²) < 4.78 is 25.6. The van der Waals surface area contributed by atoms with Crippen molar-refractivity contribution in [1.82, 2.24) is 4.31 Å². The molecule has 0 amide bonds. The molecule has 0 aliphatic rings. The monoisotopic (exact) mass is 272 g/mol. The van der Waals surface area contributed by atoms with Gasteiger partial charge in [0, 0.05) is 24.5 Å². The van der Waals surface area contributed by atoms with E-state index in [1.165, 1.54) is 16.4 Å². The van der Waals surface area contributed by atoms with Gasteiger partial charge in [-0.2, -0.15) is 9.57 Å². The summed E-state index contributed by atoms with van der Waals surface area (Å²) in [4.78, 5) is 0.157. The molecule has 0 aliphatic heterocycles. The molecule has 0 spiro atoms. The minimum Gasteiger partial charge on any atom is -0.207 e. The van der Waals surface area contributed by atoms with Gasteiger partial charge in [0.05, 0.1) is 11.0 Å². The Hall–Kier alpha value is -1.09. The van der Waals surface area contributed by atoms with Crippen LogP contribution in [-0.2, 0) is 10.0 Å². The number of hydrogen-bond donors (Lipinski definition) is 0. The molecule has 0 N–H and O–H groups in total. The Balaban J connectivity index is 3.05. The predicted octanol–water partition coefficient (Wildman–Crippen LogP) is 2.26. The fraction of sp³-hybridized carbons (Fsp3) is 0.364. The van der Waals surface area contributed by atoms with Crippen molar-refractivity contribution in [3.8, 4) is 6.07 Å². The Labute approximate surface area is 106 Å². The normalized spacial score (nSPS) is 11.4. The van der Waals surface area contributed by atoms with Crippen LogP contribution in [0.4, 0.5) is 0 Å². The Morgan fingerprint density at radius 1 is 1.47 bits per heavy atom. The molecule has 0 aromatic heterocycles. The van der Waals surface area contributed by atoms with E-state index in [2.05, 4.69) is 0 Å². The summed E-state index contributed by atoms with van der Waals surface area (Å²) in [6.07, 6.45) is 0.174. The van der Waals surface area contributed by atoms with Gasteiger partial charge in [-0.15, -0.1) is 0 Å². The maximum atomic E-state index is 12.2. The minimum absolute atomic E-state index is 0.157. The average Bonchev–Trinajstić information content (AvgIpc) is 2.30. The van der Waals surface area contributed by atoms with Gasteiger partial charge in [-0.1, -0.05) is 24.6 Å². The lowest BCUT2D eigenvalue weighted by Crippen LogP contribution is -2.31. The number of halogens is 1. The Kier molecular flexibility index (Phi) is 4.94. The molecule has 17 heavy (non-hydrogen) atoms. The zero-order chi connectivity index (χ0) is 12.9. The molecule has 1 aromatic rings. The highest BCUT2D eigenvalue weighted by molar-refractivity contribution is 7.89. The van der Waals surface area contributed by atoms with E-state index < -0.39 is 10.0 Å². The lowest BCUT2D eigenvalue weighted by atomic mass is 10.4. The fourth-order valence-electron chi connectivity index (χ4n) is 1.40. The molecule has 0 radical (unpaired) electrons. The number of benzene rings is 1. The van der Waals surface area contributed by atoms with E-state index in [1.807, 2.05) is 6.07 Å². The summed E-state index contributed by atoms with van der Waals surface area (Å²) in [6.45, 7) is 2.26. The first-order chi connectivity index (χ1) is 8.02. The number of rotatable bonds is 5. The molecule has 0 saturated heterocycles. The van der Waals surface area contributed by atoms with Crippen molar-refractivity contribution in [2.75, 3.05) is 13.1 Å². The van der Waals surface area contributed by atoms with Crippen LogP contribution in [0.15, 0.2) is 29.2 Å². The molecule has 0 heterocycles. The van der Waals surface area contributed by atoms with E-state index in [0.29, 0.717) is 11.6 Å². The lowest BCUT2D eigenvalue weighted by molar-refractivity contribution is 0.435. The quantitative estimate of drug-likeness (QED) is 0.826. The summed E-state index contributed by atoms with van der Waals surface area (Å²) in [5, 5.41) is 8.88. The Morgan fingerprint density at radius 2 is 2.18 bits per heavy atom. The second-order valence-electron chi connectivity index (χ2n) is 3.36. The maximum absolute atomic E-state index is 12.2. The van der Waals surface area contributed by atoms with Crippen LogP contribution in [-0.4, -0.2) is 25.8 Å². The van der Waals surface area contributed by atoms with Gasteiger partial charge < -0.3 is 0 Å². The van der Waals surface area contributed by atoms with Crippen molar-refractivity contribution < 1.29 is 8.42 Å². The van der Waals surface area contributed by atoms with Gasteiger partial charge in [0.1, 0.15) is 0 Å². The fourth-order valence-corrected chi connectivity index (χ4v) is 3.15. The van der Waals surface area contributed by atoms with Gasteiger partial charge in [-0.05, 0) is 18.2 Å². The molecule has 0 bridgehead atoms. The molecule has 6 heteroatoms. The van der Waals surface area contributed by atoms with Crippen LogP contribution < -0.4 is 0 Å². The van der Waals surface area contributed by atoms with Crippen molar-refractivity contribution in [3.05, 3.63) is 29.3 Å².